The fourth-order valence-electron chi connectivity index (χ4n) is 1.70. The Morgan fingerprint density at radius 1 is 0.944 bits per heavy atom. The number of aryl methyl sites for hydroxylation is 1. The van der Waals surface area contributed by atoms with Crippen LogP contribution in [0.3, 0.4) is 0 Å². The molecule has 3 N–H and O–H groups in total. The Labute approximate surface area is 102 Å². The van der Waals surface area contributed by atoms with Gasteiger partial charge in [0, 0.05) is 0 Å². The first kappa shape index (κ1) is 13.7. The van der Waals surface area contributed by atoms with Crippen molar-refractivity contribution >= 4 is 17.9 Å². The van der Waals surface area contributed by atoms with Gasteiger partial charge in [-0.3, -0.25) is 0 Å². The Hall–Kier alpha value is -2.37. The summed E-state index contributed by atoms with van der Waals surface area (Å²) in [5.41, 5.74) is -1.18. The van der Waals surface area contributed by atoms with Crippen LogP contribution >= 0.6 is 0 Å². The lowest BCUT2D eigenvalue weighted by Gasteiger charge is -2.09. The number of carbonyl (C=O) groups is 3. The summed E-state index contributed by atoms with van der Waals surface area (Å²) in [6.45, 7) is 1.85. The second-order valence-corrected chi connectivity index (χ2v) is 3.73. The first-order chi connectivity index (χ1) is 8.38. The van der Waals surface area contributed by atoms with Crippen molar-refractivity contribution in [3.8, 4) is 0 Å². The lowest BCUT2D eigenvalue weighted by molar-refractivity contribution is 0.0633. The van der Waals surface area contributed by atoms with Crippen molar-refractivity contribution in [2.45, 2.75) is 19.8 Å². The molecule has 0 atom stereocenters. The van der Waals surface area contributed by atoms with E-state index in [2.05, 4.69) is 0 Å². The van der Waals surface area contributed by atoms with Gasteiger partial charge in [-0.2, -0.15) is 0 Å². The summed E-state index contributed by atoms with van der Waals surface area (Å²) in [6.07, 6.45) is 1.19. The highest BCUT2D eigenvalue weighted by atomic mass is 16.4. The fraction of sp³-hybridized carbons (Fsp3) is 0.250. The zero-order chi connectivity index (χ0) is 13.9. The molecule has 0 aliphatic heterocycles. The Kier molecular flexibility index (Phi) is 4.04. The van der Waals surface area contributed by atoms with Gasteiger partial charge in [0.15, 0.2) is 0 Å². The highest BCUT2D eigenvalue weighted by Crippen LogP contribution is 2.20. The van der Waals surface area contributed by atoms with E-state index in [9.17, 15) is 14.4 Å². The van der Waals surface area contributed by atoms with E-state index in [-0.39, 0.29) is 0 Å². The van der Waals surface area contributed by atoms with Crippen LogP contribution in [0, 0.1) is 0 Å². The van der Waals surface area contributed by atoms with E-state index < -0.39 is 34.6 Å². The summed E-state index contributed by atoms with van der Waals surface area (Å²) >= 11 is 0. The average Bonchev–Trinajstić information content (AvgIpc) is 2.27. The zero-order valence-corrected chi connectivity index (χ0v) is 9.64. The molecule has 96 valence electrons. The highest BCUT2D eigenvalue weighted by Gasteiger charge is 2.24. The highest BCUT2D eigenvalue weighted by molar-refractivity contribution is 6.09. The molecule has 0 saturated carbocycles. The van der Waals surface area contributed by atoms with Crippen LogP contribution in [0.2, 0.25) is 0 Å². The third kappa shape index (κ3) is 2.65. The Balaban J connectivity index is 3.60. The minimum atomic E-state index is -1.56. The predicted octanol–water partition coefficient (Wildman–Crippen LogP) is 1.73. The maximum atomic E-state index is 11.0. The molecule has 1 rings (SSSR count). The van der Waals surface area contributed by atoms with E-state index >= 15 is 0 Å². The minimum absolute atomic E-state index is 0.487. The van der Waals surface area contributed by atoms with E-state index in [4.69, 9.17) is 15.3 Å². The maximum Gasteiger partial charge on any atom is 0.337 e. The van der Waals surface area contributed by atoms with E-state index in [0.29, 0.717) is 18.4 Å². The monoisotopic (exact) mass is 252 g/mol. The Morgan fingerprint density at radius 3 is 1.67 bits per heavy atom. The normalized spacial score (nSPS) is 10.1. The Bertz CT molecular complexity index is 482. The van der Waals surface area contributed by atoms with Gasteiger partial charge in [0.25, 0.3) is 0 Å². The van der Waals surface area contributed by atoms with Crippen LogP contribution in [0.4, 0.5) is 0 Å². The molecule has 0 saturated heterocycles. The van der Waals surface area contributed by atoms with Gasteiger partial charge in [-0.1, -0.05) is 13.3 Å². The van der Waals surface area contributed by atoms with Gasteiger partial charge in [0.1, 0.15) is 0 Å². The van der Waals surface area contributed by atoms with Crippen LogP contribution in [0.15, 0.2) is 12.1 Å². The van der Waals surface area contributed by atoms with E-state index in [1.165, 1.54) is 12.1 Å². The SMILES string of the molecule is CCCc1cc(C(=O)O)c(C(=O)O)c(C(=O)O)c1. The standard InChI is InChI=1S/C12H12O6/c1-2-3-6-4-7(10(13)14)9(12(17)18)8(5-6)11(15)16/h4-5H,2-3H2,1H3,(H,13,14)(H,15,16)(H,17,18). The molecule has 18 heavy (non-hydrogen) atoms. The van der Waals surface area contributed by atoms with Crippen LogP contribution in [-0.4, -0.2) is 33.2 Å². The number of carboxylic acids is 3. The molecule has 0 aliphatic carbocycles. The molecule has 0 unspecified atom stereocenters. The second kappa shape index (κ2) is 5.31. The Morgan fingerprint density at radius 2 is 1.39 bits per heavy atom. The van der Waals surface area contributed by atoms with Gasteiger partial charge in [-0.15, -0.1) is 0 Å². The van der Waals surface area contributed by atoms with Crippen molar-refractivity contribution in [3.05, 3.63) is 34.4 Å². The summed E-state index contributed by atoms with van der Waals surface area (Å²) in [5.74, 6) is -4.46. The lowest BCUT2D eigenvalue weighted by atomic mass is 9.95. The molecule has 6 nitrogen and oxygen atoms in total. The van der Waals surface area contributed by atoms with Gasteiger partial charge in [0.05, 0.1) is 16.7 Å². The average molecular weight is 252 g/mol. The van der Waals surface area contributed by atoms with Crippen molar-refractivity contribution in [1.82, 2.24) is 0 Å². The van der Waals surface area contributed by atoms with E-state index in [0.717, 1.165) is 0 Å². The van der Waals surface area contributed by atoms with Crippen LogP contribution in [-0.2, 0) is 6.42 Å². The first-order valence-electron chi connectivity index (χ1n) is 5.25. The first-order valence-corrected chi connectivity index (χ1v) is 5.25. The molecule has 1 aromatic rings. The van der Waals surface area contributed by atoms with Gasteiger partial charge < -0.3 is 15.3 Å². The van der Waals surface area contributed by atoms with Crippen LogP contribution in [0.5, 0.6) is 0 Å². The summed E-state index contributed by atoms with van der Waals surface area (Å²) in [4.78, 5) is 33.0. The number of aromatic carboxylic acids is 3. The van der Waals surface area contributed by atoms with Crippen molar-refractivity contribution < 1.29 is 29.7 Å². The van der Waals surface area contributed by atoms with Crippen molar-refractivity contribution in [2.75, 3.05) is 0 Å². The molecular formula is C12H12O6. The molecular weight excluding hydrogens is 240 g/mol. The molecule has 0 radical (unpaired) electrons. The van der Waals surface area contributed by atoms with Gasteiger partial charge >= 0.3 is 17.9 Å². The van der Waals surface area contributed by atoms with E-state index in [1.54, 1.807) is 0 Å². The third-order valence-corrected chi connectivity index (χ3v) is 2.41. The number of carboxylic acid groups (broad SMARTS) is 3. The quantitative estimate of drug-likeness (QED) is 0.735. The van der Waals surface area contributed by atoms with Crippen molar-refractivity contribution in [2.24, 2.45) is 0 Å². The number of hydrogen-bond acceptors (Lipinski definition) is 3. The zero-order valence-electron chi connectivity index (χ0n) is 9.64. The summed E-state index contributed by atoms with van der Waals surface area (Å²) < 4.78 is 0. The fourth-order valence-corrected chi connectivity index (χ4v) is 1.70. The third-order valence-electron chi connectivity index (χ3n) is 2.41. The van der Waals surface area contributed by atoms with Crippen molar-refractivity contribution in [1.29, 1.82) is 0 Å². The smallest absolute Gasteiger partial charge is 0.337 e. The van der Waals surface area contributed by atoms with Crippen LogP contribution in [0.1, 0.15) is 50.0 Å². The maximum absolute atomic E-state index is 11.0. The lowest BCUT2D eigenvalue weighted by Crippen LogP contribution is -2.15. The molecule has 0 fully saturated rings. The molecule has 1 aromatic carbocycles. The van der Waals surface area contributed by atoms with Crippen molar-refractivity contribution in [3.63, 3.8) is 0 Å². The largest absolute Gasteiger partial charge is 0.478 e. The van der Waals surface area contributed by atoms with Gasteiger partial charge in [-0.05, 0) is 24.1 Å². The van der Waals surface area contributed by atoms with E-state index in [1.807, 2.05) is 6.92 Å². The topological polar surface area (TPSA) is 112 Å². The molecule has 0 heterocycles. The number of hydrogen-bond donors (Lipinski definition) is 3. The number of rotatable bonds is 5. The van der Waals surface area contributed by atoms with Gasteiger partial charge in [0.2, 0.25) is 0 Å². The molecule has 6 heteroatoms. The molecule has 0 spiro atoms. The molecule has 0 bridgehead atoms. The molecule has 0 amide bonds. The predicted molar refractivity (Wildman–Crippen MR) is 61.3 cm³/mol. The minimum Gasteiger partial charge on any atom is -0.478 e. The molecule has 0 aromatic heterocycles. The summed E-state index contributed by atoms with van der Waals surface area (Å²) in [7, 11) is 0. The summed E-state index contributed by atoms with van der Waals surface area (Å²) in [5, 5.41) is 26.9. The second-order valence-electron chi connectivity index (χ2n) is 3.73. The van der Waals surface area contributed by atoms with Crippen LogP contribution in [0.25, 0.3) is 0 Å². The number of benzene rings is 1. The summed E-state index contributed by atoms with van der Waals surface area (Å²) in [6, 6.07) is 2.42. The van der Waals surface area contributed by atoms with Gasteiger partial charge in [-0.25, -0.2) is 14.4 Å². The van der Waals surface area contributed by atoms with Crippen LogP contribution < -0.4 is 0 Å². The molecule has 0 aliphatic rings.